The van der Waals surface area contributed by atoms with E-state index in [4.69, 9.17) is 4.42 Å². The number of nitrogens with zero attached hydrogens (tertiary/aromatic N) is 2. The van der Waals surface area contributed by atoms with Crippen molar-refractivity contribution in [1.82, 2.24) is 15.6 Å². The monoisotopic (exact) mass is 484 g/mol. The van der Waals surface area contributed by atoms with Crippen LogP contribution in [-0.2, 0) is 6.54 Å². The number of halogens is 1. The van der Waals surface area contributed by atoms with Gasteiger partial charge in [0.15, 0.2) is 5.96 Å². The lowest BCUT2D eigenvalue weighted by atomic mass is 10.2. The summed E-state index contributed by atoms with van der Waals surface area (Å²) >= 11 is 1.70. The van der Waals surface area contributed by atoms with Crippen molar-refractivity contribution in [3.8, 4) is 0 Å². The van der Waals surface area contributed by atoms with Crippen LogP contribution in [0, 0.1) is 13.8 Å². The Morgan fingerprint density at radius 1 is 1.31 bits per heavy atom. The second kappa shape index (κ2) is 9.36. The van der Waals surface area contributed by atoms with E-state index in [0.29, 0.717) is 6.54 Å². The molecule has 3 aromatic rings. The van der Waals surface area contributed by atoms with Crippen molar-refractivity contribution in [2.45, 2.75) is 40.3 Å². The van der Waals surface area contributed by atoms with Crippen LogP contribution in [0.3, 0.4) is 0 Å². The van der Waals surface area contributed by atoms with E-state index in [1.165, 1.54) is 4.88 Å². The Kier molecular flexibility index (Phi) is 7.45. The van der Waals surface area contributed by atoms with Gasteiger partial charge in [-0.2, -0.15) is 0 Å². The molecule has 1 atom stereocenters. The van der Waals surface area contributed by atoms with Crippen LogP contribution in [0.5, 0.6) is 0 Å². The summed E-state index contributed by atoms with van der Waals surface area (Å²) in [5, 5.41) is 8.84. The van der Waals surface area contributed by atoms with Crippen molar-refractivity contribution in [1.29, 1.82) is 0 Å². The Hall–Kier alpha value is -1.61. The average molecular weight is 484 g/mol. The van der Waals surface area contributed by atoms with Crippen molar-refractivity contribution in [2.24, 2.45) is 4.99 Å². The van der Waals surface area contributed by atoms with Crippen LogP contribution >= 0.6 is 35.3 Å². The molecule has 0 saturated heterocycles. The number of furan rings is 1. The molecular formula is C19H25IN4OS. The predicted molar refractivity (Wildman–Crippen MR) is 120 cm³/mol. The van der Waals surface area contributed by atoms with Crippen LogP contribution in [0.1, 0.15) is 41.2 Å². The van der Waals surface area contributed by atoms with Crippen LogP contribution < -0.4 is 10.6 Å². The smallest absolute Gasteiger partial charge is 0.192 e. The minimum Gasteiger partial charge on any atom is -0.459 e. The van der Waals surface area contributed by atoms with Gasteiger partial charge in [-0.3, -0.25) is 0 Å². The first-order valence-electron chi connectivity index (χ1n) is 8.53. The minimum atomic E-state index is 0. The molecule has 2 heterocycles. The molecule has 0 aliphatic carbocycles. The quantitative estimate of drug-likeness (QED) is 0.306. The third kappa shape index (κ3) is 4.97. The van der Waals surface area contributed by atoms with Gasteiger partial charge < -0.3 is 15.1 Å². The van der Waals surface area contributed by atoms with Gasteiger partial charge in [0.2, 0.25) is 0 Å². The van der Waals surface area contributed by atoms with Crippen molar-refractivity contribution in [3.05, 3.63) is 51.7 Å². The number of aliphatic imine (C=N–C) groups is 1. The molecule has 3 rings (SSSR count). The van der Waals surface area contributed by atoms with E-state index in [1.54, 1.807) is 11.3 Å². The largest absolute Gasteiger partial charge is 0.459 e. The average Bonchev–Trinajstić information content (AvgIpc) is 3.16. The molecule has 1 aromatic carbocycles. The normalized spacial score (nSPS) is 12.7. The van der Waals surface area contributed by atoms with E-state index in [9.17, 15) is 0 Å². The van der Waals surface area contributed by atoms with E-state index in [-0.39, 0.29) is 30.0 Å². The second-order valence-corrected chi connectivity index (χ2v) is 7.28. The summed E-state index contributed by atoms with van der Waals surface area (Å²) in [5.41, 5.74) is 1.99. The van der Waals surface area contributed by atoms with Crippen molar-refractivity contribution >= 4 is 52.2 Å². The molecule has 0 fully saturated rings. The topological polar surface area (TPSA) is 62.5 Å². The fourth-order valence-corrected chi connectivity index (χ4v) is 3.42. The number of fused-ring (bicyclic) bond motifs is 1. The first-order valence-corrected chi connectivity index (χ1v) is 9.34. The number of aryl methyl sites for hydroxylation is 2. The van der Waals surface area contributed by atoms with Crippen LogP contribution in [0.2, 0.25) is 0 Å². The lowest BCUT2D eigenvalue weighted by Gasteiger charge is -2.15. The van der Waals surface area contributed by atoms with Crippen molar-refractivity contribution < 1.29 is 4.42 Å². The summed E-state index contributed by atoms with van der Waals surface area (Å²) in [5.74, 6) is 1.66. The maximum absolute atomic E-state index is 5.94. The Labute approximate surface area is 175 Å². The Morgan fingerprint density at radius 2 is 2.08 bits per heavy atom. The molecule has 0 amide bonds. The summed E-state index contributed by atoms with van der Waals surface area (Å²) in [6.07, 6.45) is 0. The van der Waals surface area contributed by atoms with Gasteiger partial charge >= 0.3 is 0 Å². The van der Waals surface area contributed by atoms with Crippen molar-refractivity contribution in [3.63, 3.8) is 0 Å². The van der Waals surface area contributed by atoms with Gasteiger partial charge in [0.1, 0.15) is 16.4 Å². The number of hydrogen-bond acceptors (Lipinski definition) is 4. The number of aromatic nitrogens is 1. The highest BCUT2D eigenvalue weighted by Gasteiger charge is 2.13. The highest BCUT2D eigenvalue weighted by atomic mass is 127. The number of rotatable bonds is 5. The molecule has 5 nitrogen and oxygen atoms in total. The first-order chi connectivity index (χ1) is 12.1. The van der Waals surface area contributed by atoms with E-state index in [1.807, 2.05) is 25.1 Å². The summed E-state index contributed by atoms with van der Waals surface area (Å²) in [6.45, 7) is 9.62. The highest BCUT2D eigenvalue weighted by molar-refractivity contribution is 14.0. The number of thiazole rings is 1. The summed E-state index contributed by atoms with van der Waals surface area (Å²) in [4.78, 5) is 10.5. The van der Waals surface area contributed by atoms with Crippen LogP contribution in [0.15, 0.2) is 39.7 Å². The summed E-state index contributed by atoms with van der Waals surface area (Å²) in [6, 6.07) is 10.1. The molecule has 7 heteroatoms. The number of hydrogen-bond donors (Lipinski definition) is 2. The standard InChI is InChI=1S/C19H24N4OS.HI/c1-5-20-19(21-11-18-22-12(2)14(4)25-18)23-13(3)17-10-15-8-6-7-9-16(15)24-17;/h6-10,13H,5,11H2,1-4H3,(H2,20,21,23);1H. The van der Waals surface area contributed by atoms with Gasteiger partial charge in [-0.1, -0.05) is 18.2 Å². The lowest BCUT2D eigenvalue weighted by Crippen LogP contribution is -2.38. The third-order valence-corrected chi connectivity index (χ3v) is 5.07. The zero-order valence-electron chi connectivity index (χ0n) is 15.5. The fourth-order valence-electron chi connectivity index (χ4n) is 2.57. The van der Waals surface area contributed by atoms with Gasteiger partial charge in [0.05, 0.1) is 18.3 Å². The number of para-hydroxylation sites is 1. The molecule has 0 spiro atoms. The van der Waals surface area contributed by atoms with E-state index in [0.717, 1.165) is 39.9 Å². The van der Waals surface area contributed by atoms with Crippen LogP contribution in [0.25, 0.3) is 11.0 Å². The molecule has 2 N–H and O–H groups in total. The zero-order valence-corrected chi connectivity index (χ0v) is 18.6. The van der Waals surface area contributed by atoms with Gasteiger partial charge in [-0.05, 0) is 39.8 Å². The molecule has 0 radical (unpaired) electrons. The second-order valence-electron chi connectivity index (χ2n) is 6.00. The van der Waals surface area contributed by atoms with E-state index < -0.39 is 0 Å². The minimum absolute atomic E-state index is 0. The van der Waals surface area contributed by atoms with Crippen LogP contribution in [-0.4, -0.2) is 17.5 Å². The Balaban J connectivity index is 0.00000243. The molecule has 26 heavy (non-hydrogen) atoms. The SMILES string of the molecule is CCNC(=NCc1nc(C)c(C)s1)NC(C)c1cc2ccccc2o1.I. The van der Waals surface area contributed by atoms with Crippen molar-refractivity contribution in [2.75, 3.05) is 6.54 Å². The Bertz CT molecular complexity index is 834. The first kappa shape index (κ1) is 20.7. The molecular weight excluding hydrogens is 459 g/mol. The fraction of sp³-hybridized carbons (Fsp3) is 0.368. The maximum Gasteiger partial charge on any atom is 0.192 e. The summed E-state index contributed by atoms with van der Waals surface area (Å²) in [7, 11) is 0. The molecule has 0 saturated carbocycles. The zero-order chi connectivity index (χ0) is 17.8. The van der Waals surface area contributed by atoms with Gasteiger partial charge in [-0.15, -0.1) is 35.3 Å². The molecule has 1 unspecified atom stereocenters. The van der Waals surface area contributed by atoms with E-state index in [2.05, 4.69) is 53.5 Å². The summed E-state index contributed by atoms with van der Waals surface area (Å²) < 4.78 is 5.94. The Morgan fingerprint density at radius 3 is 2.73 bits per heavy atom. The lowest BCUT2D eigenvalue weighted by molar-refractivity contribution is 0.488. The van der Waals surface area contributed by atoms with Crippen LogP contribution in [0.4, 0.5) is 0 Å². The number of guanidine groups is 1. The molecule has 2 aromatic heterocycles. The number of benzene rings is 1. The van der Waals surface area contributed by atoms with Gasteiger partial charge in [0.25, 0.3) is 0 Å². The van der Waals surface area contributed by atoms with E-state index >= 15 is 0 Å². The van der Waals surface area contributed by atoms with Gasteiger partial charge in [0, 0.05) is 16.8 Å². The predicted octanol–water partition coefficient (Wildman–Crippen LogP) is 4.94. The maximum atomic E-state index is 5.94. The molecule has 0 aliphatic rings. The highest BCUT2D eigenvalue weighted by Crippen LogP contribution is 2.23. The molecule has 0 aliphatic heterocycles. The molecule has 0 bridgehead atoms. The van der Waals surface area contributed by atoms with Gasteiger partial charge in [-0.25, -0.2) is 9.98 Å². The third-order valence-electron chi connectivity index (χ3n) is 4.01. The number of nitrogens with one attached hydrogen (secondary N) is 2. The molecule has 140 valence electrons.